The fourth-order valence-electron chi connectivity index (χ4n) is 3.74. The van der Waals surface area contributed by atoms with Crippen LogP contribution in [-0.2, 0) is 0 Å². The molecule has 6 heteroatoms. The molecular formula is C24H23N3OS2. The van der Waals surface area contributed by atoms with Gasteiger partial charge < -0.3 is 5.32 Å². The van der Waals surface area contributed by atoms with Crippen molar-refractivity contribution in [2.75, 3.05) is 19.6 Å². The third kappa shape index (κ3) is 4.76. The molecule has 2 heterocycles. The van der Waals surface area contributed by atoms with Crippen LogP contribution in [0.25, 0.3) is 0 Å². The predicted molar refractivity (Wildman–Crippen MR) is 122 cm³/mol. The topological polar surface area (TPSA) is 56.1 Å². The number of nitrogens with one attached hydrogen (secondary N) is 1. The standard InChI is InChI=1S/C24H23N3OS2/c25-16-18-8-1-3-10-21(18)30-22-11-4-2-9-19(22)24(28)26-17-20(23-12-7-15-29-23)27-13-5-6-14-27/h1-4,7-12,15,20H,5-6,13-14,17H2,(H,26,28). The van der Waals surface area contributed by atoms with Crippen LogP contribution in [0.3, 0.4) is 0 Å². The van der Waals surface area contributed by atoms with Crippen LogP contribution in [0.2, 0.25) is 0 Å². The molecule has 1 fully saturated rings. The maximum atomic E-state index is 13.1. The number of likely N-dealkylation sites (tertiary alicyclic amines) is 1. The summed E-state index contributed by atoms with van der Waals surface area (Å²) in [5.41, 5.74) is 1.26. The smallest absolute Gasteiger partial charge is 0.252 e. The summed E-state index contributed by atoms with van der Waals surface area (Å²) in [6.07, 6.45) is 2.43. The van der Waals surface area contributed by atoms with E-state index in [4.69, 9.17) is 0 Å². The Balaban J connectivity index is 1.50. The maximum Gasteiger partial charge on any atom is 0.252 e. The van der Waals surface area contributed by atoms with Gasteiger partial charge >= 0.3 is 0 Å². The number of carbonyl (C=O) groups excluding carboxylic acids is 1. The zero-order valence-corrected chi connectivity index (χ0v) is 18.2. The highest BCUT2D eigenvalue weighted by molar-refractivity contribution is 7.99. The highest BCUT2D eigenvalue weighted by Gasteiger charge is 2.25. The highest BCUT2D eigenvalue weighted by Crippen LogP contribution is 2.33. The minimum Gasteiger partial charge on any atom is -0.350 e. The number of rotatable bonds is 7. The molecule has 1 amide bonds. The van der Waals surface area contributed by atoms with E-state index in [0.717, 1.165) is 22.9 Å². The number of benzene rings is 2. The van der Waals surface area contributed by atoms with Gasteiger partial charge in [-0.25, -0.2) is 0 Å². The zero-order valence-electron chi connectivity index (χ0n) is 16.6. The highest BCUT2D eigenvalue weighted by atomic mass is 32.2. The maximum absolute atomic E-state index is 13.1. The van der Waals surface area contributed by atoms with Gasteiger partial charge in [-0.05, 0) is 61.6 Å². The van der Waals surface area contributed by atoms with E-state index in [-0.39, 0.29) is 11.9 Å². The Labute approximate surface area is 185 Å². The van der Waals surface area contributed by atoms with E-state index in [0.29, 0.717) is 17.7 Å². The fourth-order valence-corrected chi connectivity index (χ4v) is 5.62. The number of hydrogen-bond donors (Lipinski definition) is 1. The van der Waals surface area contributed by atoms with Crippen molar-refractivity contribution < 1.29 is 4.79 Å². The van der Waals surface area contributed by atoms with Crippen molar-refractivity contribution in [3.63, 3.8) is 0 Å². The molecule has 0 bridgehead atoms. The van der Waals surface area contributed by atoms with Crippen LogP contribution in [-0.4, -0.2) is 30.4 Å². The second-order valence-corrected chi connectivity index (χ2v) is 9.25. The van der Waals surface area contributed by atoms with E-state index in [9.17, 15) is 10.1 Å². The van der Waals surface area contributed by atoms with Gasteiger partial charge in [0.05, 0.1) is 17.2 Å². The van der Waals surface area contributed by atoms with Crippen molar-refractivity contribution in [1.29, 1.82) is 5.26 Å². The van der Waals surface area contributed by atoms with Gasteiger partial charge in [0, 0.05) is 21.2 Å². The first-order valence-electron chi connectivity index (χ1n) is 10.1. The number of carbonyl (C=O) groups is 1. The molecule has 1 N–H and O–H groups in total. The SMILES string of the molecule is N#Cc1ccccc1Sc1ccccc1C(=O)NCC(c1cccs1)N1CCCC1. The summed E-state index contributed by atoms with van der Waals surface area (Å²) in [5, 5.41) is 14.6. The van der Waals surface area contributed by atoms with E-state index in [2.05, 4.69) is 33.8 Å². The molecule has 1 saturated heterocycles. The van der Waals surface area contributed by atoms with Gasteiger partial charge in [-0.15, -0.1) is 11.3 Å². The lowest BCUT2D eigenvalue weighted by Gasteiger charge is -2.27. The summed E-state index contributed by atoms with van der Waals surface area (Å²) < 4.78 is 0. The van der Waals surface area contributed by atoms with Crippen molar-refractivity contribution in [2.45, 2.75) is 28.7 Å². The van der Waals surface area contributed by atoms with Gasteiger partial charge in [-0.2, -0.15) is 5.26 Å². The van der Waals surface area contributed by atoms with Gasteiger partial charge in [0.15, 0.2) is 0 Å². The molecule has 4 rings (SSSR count). The number of hydrogen-bond acceptors (Lipinski definition) is 5. The van der Waals surface area contributed by atoms with Crippen LogP contribution in [0.5, 0.6) is 0 Å². The van der Waals surface area contributed by atoms with E-state index >= 15 is 0 Å². The molecule has 30 heavy (non-hydrogen) atoms. The number of nitrogens with zero attached hydrogens (tertiary/aromatic N) is 2. The average molecular weight is 434 g/mol. The van der Waals surface area contributed by atoms with E-state index in [1.54, 1.807) is 17.4 Å². The molecular weight excluding hydrogens is 410 g/mol. The first kappa shape index (κ1) is 20.7. The summed E-state index contributed by atoms with van der Waals surface area (Å²) in [5.74, 6) is -0.0757. The van der Waals surface area contributed by atoms with Crippen LogP contribution < -0.4 is 5.32 Å². The summed E-state index contributed by atoms with van der Waals surface area (Å²) in [7, 11) is 0. The van der Waals surface area contributed by atoms with Crippen molar-refractivity contribution in [3.8, 4) is 6.07 Å². The van der Waals surface area contributed by atoms with Crippen molar-refractivity contribution in [3.05, 3.63) is 82.0 Å². The van der Waals surface area contributed by atoms with E-state index in [1.165, 1.54) is 29.5 Å². The monoisotopic (exact) mass is 433 g/mol. The Hall–Kier alpha value is -2.59. The molecule has 152 valence electrons. The van der Waals surface area contributed by atoms with E-state index < -0.39 is 0 Å². The van der Waals surface area contributed by atoms with Gasteiger partial charge in [-0.1, -0.05) is 42.1 Å². The third-order valence-corrected chi connectivity index (χ3v) is 7.39. The number of amides is 1. The summed E-state index contributed by atoms with van der Waals surface area (Å²) in [6.45, 7) is 2.75. The Kier molecular flexibility index (Phi) is 6.85. The van der Waals surface area contributed by atoms with Gasteiger partial charge in [0.25, 0.3) is 5.91 Å². The normalized spacial score (nSPS) is 14.9. The molecule has 0 saturated carbocycles. The van der Waals surface area contributed by atoms with Crippen molar-refractivity contribution in [1.82, 2.24) is 10.2 Å². The van der Waals surface area contributed by atoms with Gasteiger partial charge in [0.1, 0.15) is 6.07 Å². The molecule has 3 aromatic rings. The second kappa shape index (κ2) is 9.94. The minimum atomic E-state index is -0.0757. The van der Waals surface area contributed by atoms with Gasteiger partial charge in [0.2, 0.25) is 0 Å². The van der Waals surface area contributed by atoms with Gasteiger partial charge in [-0.3, -0.25) is 9.69 Å². The molecule has 4 nitrogen and oxygen atoms in total. The lowest BCUT2D eigenvalue weighted by Crippen LogP contribution is -2.36. The van der Waals surface area contributed by atoms with Crippen LogP contribution in [0.4, 0.5) is 0 Å². The Morgan fingerprint density at radius 2 is 1.80 bits per heavy atom. The van der Waals surface area contributed by atoms with Crippen LogP contribution in [0.15, 0.2) is 75.8 Å². The van der Waals surface area contributed by atoms with Crippen molar-refractivity contribution in [2.24, 2.45) is 0 Å². The third-order valence-electron chi connectivity index (χ3n) is 5.27. The molecule has 0 aliphatic carbocycles. The molecule has 1 aromatic heterocycles. The molecule has 0 radical (unpaired) electrons. The van der Waals surface area contributed by atoms with Crippen LogP contribution in [0, 0.1) is 11.3 Å². The lowest BCUT2D eigenvalue weighted by atomic mass is 10.1. The molecule has 2 aromatic carbocycles. The van der Waals surface area contributed by atoms with Crippen LogP contribution in [0.1, 0.15) is 39.7 Å². The Morgan fingerprint density at radius 1 is 1.07 bits per heavy atom. The number of thiophene rings is 1. The second-order valence-electron chi connectivity index (χ2n) is 7.19. The Morgan fingerprint density at radius 3 is 2.53 bits per heavy atom. The summed E-state index contributed by atoms with van der Waals surface area (Å²) >= 11 is 3.21. The number of nitriles is 1. The van der Waals surface area contributed by atoms with E-state index in [1.807, 2.05) is 42.5 Å². The largest absolute Gasteiger partial charge is 0.350 e. The average Bonchev–Trinajstić information content (AvgIpc) is 3.50. The van der Waals surface area contributed by atoms with Crippen LogP contribution >= 0.6 is 23.1 Å². The summed E-state index contributed by atoms with van der Waals surface area (Å²) in [4.78, 5) is 18.6. The molecule has 1 aliphatic heterocycles. The molecule has 1 unspecified atom stereocenters. The fraction of sp³-hybridized carbons (Fsp3) is 0.250. The molecule has 0 spiro atoms. The first-order chi connectivity index (χ1) is 14.8. The minimum absolute atomic E-state index is 0.0757. The summed E-state index contributed by atoms with van der Waals surface area (Å²) in [6, 6.07) is 21.7. The predicted octanol–water partition coefficient (Wildman–Crippen LogP) is 5.34. The molecule has 1 atom stereocenters. The van der Waals surface area contributed by atoms with Crippen molar-refractivity contribution >= 4 is 29.0 Å². The zero-order chi connectivity index (χ0) is 20.8. The lowest BCUT2D eigenvalue weighted by molar-refractivity contribution is 0.0935. The Bertz CT molecular complexity index is 1040. The molecule has 1 aliphatic rings. The quantitative estimate of drug-likeness (QED) is 0.547. The first-order valence-corrected chi connectivity index (χ1v) is 11.8.